The van der Waals surface area contributed by atoms with Gasteiger partial charge in [0.1, 0.15) is 6.04 Å². The summed E-state index contributed by atoms with van der Waals surface area (Å²) in [4.78, 5) is 13.2. The van der Waals surface area contributed by atoms with Crippen LogP contribution in [-0.2, 0) is 16.1 Å². The van der Waals surface area contributed by atoms with Gasteiger partial charge in [0.15, 0.2) is 11.5 Å². The number of aryl methyl sites for hydroxylation is 1. The molecular weight excluding hydrogens is 274 g/mol. The van der Waals surface area contributed by atoms with E-state index in [1.807, 2.05) is 24.0 Å². The van der Waals surface area contributed by atoms with Crippen LogP contribution in [0.25, 0.3) is 0 Å². The molecule has 116 valence electrons. The van der Waals surface area contributed by atoms with Crippen molar-refractivity contribution >= 4 is 5.97 Å². The quantitative estimate of drug-likeness (QED) is 0.883. The average molecular weight is 295 g/mol. The van der Waals surface area contributed by atoms with Crippen LogP contribution in [0.3, 0.4) is 0 Å². The fraction of sp³-hybridized carbons (Fsp3) is 0.533. The summed E-state index contributed by atoms with van der Waals surface area (Å²) >= 11 is 0. The lowest BCUT2D eigenvalue weighted by atomic mass is 10.1. The molecule has 1 aliphatic rings. The van der Waals surface area contributed by atoms with Gasteiger partial charge in [0.05, 0.1) is 27.4 Å². The van der Waals surface area contributed by atoms with Crippen LogP contribution < -0.4 is 9.47 Å². The number of aliphatic carboxylic acids is 1. The van der Waals surface area contributed by atoms with Crippen molar-refractivity contribution in [2.75, 3.05) is 34.0 Å². The van der Waals surface area contributed by atoms with Crippen LogP contribution in [0.4, 0.5) is 0 Å². The van der Waals surface area contributed by atoms with Crippen molar-refractivity contribution in [2.45, 2.75) is 19.5 Å². The lowest BCUT2D eigenvalue weighted by Gasteiger charge is -2.33. The third-order valence-corrected chi connectivity index (χ3v) is 3.74. The van der Waals surface area contributed by atoms with E-state index in [2.05, 4.69) is 0 Å². The maximum absolute atomic E-state index is 11.3. The van der Waals surface area contributed by atoms with E-state index in [0.29, 0.717) is 31.2 Å². The van der Waals surface area contributed by atoms with Crippen molar-refractivity contribution in [2.24, 2.45) is 0 Å². The number of methoxy groups -OCH3 is 2. The highest BCUT2D eigenvalue weighted by molar-refractivity contribution is 5.73. The maximum atomic E-state index is 11.3. The molecule has 1 aromatic carbocycles. The molecule has 1 unspecified atom stereocenters. The van der Waals surface area contributed by atoms with Gasteiger partial charge in [-0.3, -0.25) is 9.69 Å². The fourth-order valence-electron chi connectivity index (χ4n) is 2.47. The summed E-state index contributed by atoms with van der Waals surface area (Å²) in [5.74, 6) is 0.474. The Hall–Kier alpha value is -1.79. The molecule has 1 heterocycles. The molecule has 1 aromatic rings. The Balaban J connectivity index is 2.23. The monoisotopic (exact) mass is 295 g/mol. The molecule has 1 fully saturated rings. The highest BCUT2D eigenvalue weighted by Crippen LogP contribution is 2.31. The molecule has 1 atom stereocenters. The van der Waals surface area contributed by atoms with Crippen LogP contribution >= 0.6 is 0 Å². The Bertz CT molecular complexity index is 517. The number of carboxylic acids is 1. The topological polar surface area (TPSA) is 68.2 Å². The van der Waals surface area contributed by atoms with Crippen molar-refractivity contribution < 1.29 is 24.1 Å². The lowest BCUT2D eigenvalue weighted by Crippen LogP contribution is -2.49. The summed E-state index contributed by atoms with van der Waals surface area (Å²) in [6, 6.07) is 3.21. The number of nitrogens with zero attached hydrogens (tertiary/aromatic N) is 1. The van der Waals surface area contributed by atoms with Crippen molar-refractivity contribution in [3.05, 3.63) is 23.3 Å². The van der Waals surface area contributed by atoms with Gasteiger partial charge in [-0.05, 0) is 30.2 Å². The maximum Gasteiger partial charge on any atom is 0.323 e. The first-order valence-electron chi connectivity index (χ1n) is 6.83. The summed E-state index contributed by atoms with van der Waals surface area (Å²) in [7, 11) is 3.19. The highest BCUT2D eigenvalue weighted by atomic mass is 16.5. The van der Waals surface area contributed by atoms with E-state index in [4.69, 9.17) is 14.2 Å². The third kappa shape index (κ3) is 3.46. The summed E-state index contributed by atoms with van der Waals surface area (Å²) < 4.78 is 15.8. The van der Waals surface area contributed by atoms with E-state index in [0.717, 1.165) is 11.1 Å². The molecule has 1 saturated heterocycles. The van der Waals surface area contributed by atoms with Gasteiger partial charge in [-0.2, -0.15) is 0 Å². The minimum atomic E-state index is -0.854. The van der Waals surface area contributed by atoms with E-state index in [1.165, 1.54) is 0 Å². The molecule has 6 nitrogen and oxygen atoms in total. The molecule has 0 amide bonds. The van der Waals surface area contributed by atoms with E-state index in [9.17, 15) is 9.90 Å². The fourth-order valence-corrected chi connectivity index (χ4v) is 2.47. The largest absolute Gasteiger partial charge is 0.493 e. The second-order valence-electron chi connectivity index (χ2n) is 5.03. The minimum absolute atomic E-state index is 0.224. The highest BCUT2D eigenvalue weighted by Gasteiger charge is 2.29. The lowest BCUT2D eigenvalue weighted by molar-refractivity contribution is -0.150. The summed E-state index contributed by atoms with van der Waals surface area (Å²) in [5.41, 5.74) is 2.07. The van der Waals surface area contributed by atoms with Crippen LogP contribution in [-0.4, -0.2) is 56.0 Å². The van der Waals surface area contributed by atoms with Crippen LogP contribution in [0.15, 0.2) is 12.1 Å². The Morgan fingerprint density at radius 2 is 2.05 bits per heavy atom. The molecule has 21 heavy (non-hydrogen) atoms. The Labute approximate surface area is 124 Å². The Morgan fingerprint density at radius 1 is 1.38 bits per heavy atom. The number of rotatable bonds is 5. The van der Waals surface area contributed by atoms with Gasteiger partial charge in [0, 0.05) is 13.1 Å². The first-order valence-corrected chi connectivity index (χ1v) is 6.83. The standard InChI is InChI=1S/C15H21NO5/c1-10-6-13(19-2)14(20-3)7-11(10)8-16-4-5-21-9-12(16)15(17)18/h6-7,12H,4-5,8-9H2,1-3H3,(H,17,18). The summed E-state index contributed by atoms with van der Waals surface area (Å²) in [6.07, 6.45) is 0. The van der Waals surface area contributed by atoms with Crippen molar-refractivity contribution in [3.8, 4) is 11.5 Å². The predicted octanol–water partition coefficient (Wildman–Crippen LogP) is 1.30. The van der Waals surface area contributed by atoms with E-state index < -0.39 is 12.0 Å². The van der Waals surface area contributed by atoms with Crippen molar-refractivity contribution in [1.82, 2.24) is 4.90 Å². The molecule has 0 aromatic heterocycles. The zero-order valence-electron chi connectivity index (χ0n) is 12.6. The van der Waals surface area contributed by atoms with Crippen LogP contribution in [0.2, 0.25) is 0 Å². The van der Waals surface area contributed by atoms with Crippen molar-refractivity contribution in [1.29, 1.82) is 0 Å². The molecule has 0 radical (unpaired) electrons. The van der Waals surface area contributed by atoms with Gasteiger partial charge < -0.3 is 19.3 Å². The SMILES string of the molecule is COc1cc(C)c(CN2CCOCC2C(=O)O)cc1OC. The molecule has 2 rings (SSSR count). The van der Waals surface area contributed by atoms with Gasteiger partial charge in [0.2, 0.25) is 0 Å². The molecule has 0 aliphatic carbocycles. The molecule has 1 N–H and O–H groups in total. The van der Waals surface area contributed by atoms with Gasteiger partial charge in [-0.1, -0.05) is 0 Å². The normalized spacial score (nSPS) is 19.3. The zero-order valence-corrected chi connectivity index (χ0v) is 12.6. The summed E-state index contributed by atoms with van der Waals surface area (Å²) in [6.45, 7) is 3.91. The smallest absolute Gasteiger partial charge is 0.323 e. The second kappa shape index (κ2) is 6.78. The number of carboxylic acid groups (broad SMARTS) is 1. The zero-order chi connectivity index (χ0) is 15.4. The number of hydrogen-bond donors (Lipinski definition) is 1. The molecule has 0 saturated carbocycles. The third-order valence-electron chi connectivity index (χ3n) is 3.74. The first kappa shape index (κ1) is 15.6. The first-order chi connectivity index (χ1) is 10.1. The average Bonchev–Trinajstić information content (AvgIpc) is 2.49. The molecule has 6 heteroatoms. The molecular formula is C15H21NO5. The number of ether oxygens (including phenoxy) is 3. The van der Waals surface area contributed by atoms with Gasteiger partial charge in [-0.15, -0.1) is 0 Å². The Morgan fingerprint density at radius 3 is 2.67 bits per heavy atom. The van der Waals surface area contributed by atoms with Gasteiger partial charge >= 0.3 is 5.97 Å². The number of carbonyl (C=O) groups is 1. The van der Waals surface area contributed by atoms with E-state index >= 15 is 0 Å². The Kier molecular flexibility index (Phi) is 5.03. The van der Waals surface area contributed by atoms with Crippen LogP contribution in [0.1, 0.15) is 11.1 Å². The van der Waals surface area contributed by atoms with Crippen LogP contribution in [0.5, 0.6) is 11.5 Å². The summed E-state index contributed by atoms with van der Waals surface area (Å²) in [5, 5.41) is 9.27. The van der Waals surface area contributed by atoms with Crippen molar-refractivity contribution in [3.63, 3.8) is 0 Å². The molecule has 1 aliphatic heterocycles. The minimum Gasteiger partial charge on any atom is -0.493 e. The number of hydrogen-bond acceptors (Lipinski definition) is 5. The van der Waals surface area contributed by atoms with E-state index in [1.54, 1.807) is 14.2 Å². The van der Waals surface area contributed by atoms with Gasteiger partial charge in [-0.25, -0.2) is 0 Å². The second-order valence-corrected chi connectivity index (χ2v) is 5.03. The molecule has 0 spiro atoms. The van der Waals surface area contributed by atoms with E-state index in [-0.39, 0.29) is 6.61 Å². The predicted molar refractivity (Wildman–Crippen MR) is 76.9 cm³/mol. The van der Waals surface area contributed by atoms with Crippen LogP contribution in [0, 0.1) is 6.92 Å². The number of benzene rings is 1. The van der Waals surface area contributed by atoms with Gasteiger partial charge in [0.25, 0.3) is 0 Å². The molecule has 0 bridgehead atoms. The number of morpholine rings is 1.